The van der Waals surface area contributed by atoms with Crippen molar-refractivity contribution in [3.05, 3.63) is 46.2 Å². The molecule has 0 saturated carbocycles. The Balaban J connectivity index is 1.52. The number of hydrogen-bond donors (Lipinski definition) is 2. The maximum atomic E-state index is 5.47. The van der Waals surface area contributed by atoms with Crippen molar-refractivity contribution in [2.24, 2.45) is 0 Å². The van der Waals surface area contributed by atoms with Gasteiger partial charge in [0.1, 0.15) is 16.5 Å². The van der Waals surface area contributed by atoms with Crippen molar-refractivity contribution < 1.29 is 4.74 Å². The van der Waals surface area contributed by atoms with E-state index in [1.807, 2.05) is 13.1 Å². The molecule has 2 N–H and O–H groups in total. The van der Waals surface area contributed by atoms with Crippen LogP contribution in [0.4, 0.5) is 5.82 Å². The second kappa shape index (κ2) is 8.19. The molecule has 150 valence electrons. The van der Waals surface area contributed by atoms with Crippen LogP contribution >= 0.6 is 22.7 Å². The molecule has 0 unspecified atom stereocenters. The van der Waals surface area contributed by atoms with E-state index >= 15 is 0 Å². The summed E-state index contributed by atoms with van der Waals surface area (Å²) in [5.41, 5.74) is 3.41. The first-order valence-electron chi connectivity index (χ1n) is 9.63. The Morgan fingerprint density at radius 3 is 2.90 bits per heavy atom. The molecule has 0 aliphatic carbocycles. The summed E-state index contributed by atoms with van der Waals surface area (Å²) < 4.78 is 5.47. The predicted molar refractivity (Wildman–Crippen MR) is 117 cm³/mol. The number of nitrogens with zero attached hydrogens (tertiary/aromatic N) is 4. The minimum atomic E-state index is 0.672. The van der Waals surface area contributed by atoms with Gasteiger partial charge in [-0.25, -0.2) is 9.97 Å². The van der Waals surface area contributed by atoms with E-state index in [9.17, 15) is 0 Å². The monoisotopic (exact) mass is 426 g/mol. The summed E-state index contributed by atoms with van der Waals surface area (Å²) in [5.74, 6) is 1.74. The van der Waals surface area contributed by atoms with Gasteiger partial charge >= 0.3 is 0 Å². The van der Waals surface area contributed by atoms with Gasteiger partial charge in [0, 0.05) is 46.7 Å². The number of thiophene rings is 2. The highest BCUT2D eigenvalue weighted by Gasteiger charge is 2.18. The fraction of sp³-hybridized carbons (Fsp3) is 0.350. The number of aromatic nitrogens is 4. The number of fused-ring (bicyclic) bond motifs is 1. The summed E-state index contributed by atoms with van der Waals surface area (Å²) in [4.78, 5) is 14.5. The van der Waals surface area contributed by atoms with E-state index in [0.717, 1.165) is 66.0 Å². The SMILES string of the molecule is Cc1[nH]ncc1CNc1nc(CN2CCOCC2)nc2scc(-c3cccs3)c12. The highest BCUT2D eigenvalue weighted by molar-refractivity contribution is 7.18. The molecule has 0 aromatic carbocycles. The number of aryl methyl sites for hydroxylation is 1. The van der Waals surface area contributed by atoms with Crippen molar-refractivity contribution in [2.75, 3.05) is 31.6 Å². The third-order valence-corrected chi connectivity index (χ3v) is 6.89. The van der Waals surface area contributed by atoms with Gasteiger partial charge in [-0.3, -0.25) is 10.00 Å². The number of ether oxygens (including phenoxy) is 1. The van der Waals surface area contributed by atoms with E-state index in [0.29, 0.717) is 6.54 Å². The maximum absolute atomic E-state index is 5.47. The molecule has 0 amide bonds. The fourth-order valence-electron chi connectivity index (χ4n) is 3.49. The molecular weight excluding hydrogens is 404 g/mol. The summed E-state index contributed by atoms with van der Waals surface area (Å²) in [5, 5.41) is 16.1. The smallest absolute Gasteiger partial charge is 0.146 e. The van der Waals surface area contributed by atoms with Crippen molar-refractivity contribution in [3.8, 4) is 10.4 Å². The van der Waals surface area contributed by atoms with E-state index in [4.69, 9.17) is 14.7 Å². The normalized spacial score (nSPS) is 15.2. The molecule has 4 aromatic heterocycles. The summed E-state index contributed by atoms with van der Waals surface area (Å²) >= 11 is 3.42. The highest BCUT2D eigenvalue weighted by atomic mass is 32.1. The number of H-pyrrole nitrogens is 1. The Kier molecular flexibility index (Phi) is 5.28. The summed E-state index contributed by atoms with van der Waals surface area (Å²) in [6.07, 6.45) is 1.86. The molecule has 5 heterocycles. The molecule has 0 spiro atoms. The molecule has 7 nitrogen and oxygen atoms in total. The molecule has 0 radical (unpaired) electrons. The minimum absolute atomic E-state index is 0.672. The maximum Gasteiger partial charge on any atom is 0.146 e. The third kappa shape index (κ3) is 3.91. The van der Waals surface area contributed by atoms with Gasteiger partial charge in [0.05, 0.1) is 31.3 Å². The van der Waals surface area contributed by atoms with Crippen molar-refractivity contribution in [2.45, 2.75) is 20.0 Å². The van der Waals surface area contributed by atoms with Crippen LogP contribution in [0, 0.1) is 6.92 Å². The lowest BCUT2D eigenvalue weighted by Crippen LogP contribution is -2.36. The zero-order valence-corrected chi connectivity index (χ0v) is 17.8. The van der Waals surface area contributed by atoms with Gasteiger partial charge in [0.2, 0.25) is 0 Å². The first-order chi connectivity index (χ1) is 14.3. The fourth-order valence-corrected chi connectivity index (χ4v) is 5.27. The molecule has 9 heteroatoms. The van der Waals surface area contributed by atoms with Gasteiger partial charge in [0.25, 0.3) is 0 Å². The number of anilines is 1. The van der Waals surface area contributed by atoms with Gasteiger partial charge in [-0.1, -0.05) is 6.07 Å². The second-order valence-corrected chi connectivity index (χ2v) is 8.86. The largest absolute Gasteiger partial charge is 0.379 e. The topological polar surface area (TPSA) is 79.0 Å². The number of hydrogen-bond acceptors (Lipinski definition) is 8. The molecule has 0 bridgehead atoms. The van der Waals surface area contributed by atoms with Gasteiger partial charge in [-0.2, -0.15) is 5.10 Å². The summed E-state index contributed by atoms with van der Waals surface area (Å²) in [6.45, 7) is 6.83. The van der Waals surface area contributed by atoms with Crippen LogP contribution in [-0.2, 0) is 17.8 Å². The van der Waals surface area contributed by atoms with E-state index < -0.39 is 0 Å². The lowest BCUT2D eigenvalue weighted by atomic mass is 10.2. The van der Waals surface area contributed by atoms with Crippen LogP contribution < -0.4 is 5.32 Å². The average molecular weight is 427 g/mol. The van der Waals surface area contributed by atoms with Crippen LogP contribution in [0.3, 0.4) is 0 Å². The van der Waals surface area contributed by atoms with Crippen LogP contribution in [0.25, 0.3) is 20.7 Å². The first kappa shape index (κ1) is 18.7. The van der Waals surface area contributed by atoms with Crippen LogP contribution in [0.2, 0.25) is 0 Å². The molecule has 5 rings (SSSR count). The molecule has 1 fully saturated rings. The van der Waals surface area contributed by atoms with Crippen LogP contribution in [0.5, 0.6) is 0 Å². The second-order valence-electron chi connectivity index (χ2n) is 7.06. The van der Waals surface area contributed by atoms with Gasteiger partial charge < -0.3 is 10.1 Å². The van der Waals surface area contributed by atoms with Gasteiger partial charge in [0.15, 0.2) is 0 Å². The molecule has 1 aliphatic rings. The first-order valence-corrected chi connectivity index (χ1v) is 11.4. The zero-order valence-electron chi connectivity index (χ0n) is 16.1. The lowest BCUT2D eigenvalue weighted by molar-refractivity contribution is 0.0331. The molecule has 1 aliphatic heterocycles. The average Bonchev–Trinajstić information content (AvgIpc) is 3.48. The number of nitrogens with one attached hydrogen (secondary N) is 2. The lowest BCUT2D eigenvalue weighted by Gasteiger charge is -2.25. The number of rotatable bonds is 6. The summed E-state index contributed by atoms with van der Waals surface area (Å²) in [7, 11) is 0. The Morgan fingerprint density at radius 2 is 2.14 bits per heavy atom. The molecular formula is C20H22N6OS2. The number of aromatic amines is 1. The highest BCUT2D eigenvalue weighted by Crippen LogP contribution is 2.39. The van der Waals surface area contributed by atoms with E-state index in [-0.39, 0.29) is 0 Å². The standard InChI is InChI=1S/C20H22N6OS2/c1-13-14(10-22-25-13)9-21-19-18-15(16-3-2-8-28-16)12-29-20(18)24-17(23-19)11-26-4-6-27-7-5-26/h2-3,8,10,12H,4-7,9,11H2,1H3,(H,22,25)(H,21,23,24). The van der Waals surface area contributed by atoms with Crippen LogP contribution in [0.1, 0.15) is 17.1 Å². The van der Waals surface area contributed by atoms with E-state index in [1.54, 1.807) is 22.7 Å². The zero-order chi connectivity index (χ0) is 19.6. The summed E-state index contributed by atoms with van der Waals surface area (Å²) in [6, 6.07) is 4.23. The Hall–Kier alpha value is -2.33. The quantitative estimate of drug-likeness (QED) is 0.487. The minimum Gasteiger partial charge on any atom is -0.379 e. The Morgan fingerprint density at radius 1 is 1.24 bits per heavy atom. The predicted octanol–water partition coefficient (Wildman–Crippen LogP) is 3.90. The molecule has 0 atom stereocenters. The molecule has 4 aromatic rings. The van der Waals surface area contributed by atoms with Gasteiger partial charge in [-0.05, 0) is 18.4 Å². The van der Waals surface area contributed by atoms with E-state index in [1.165, 1.54) is 10.4 Å². The van der Waals surface area contributed by atoms with Crippen molar-refractivity contribution in [3.63, 3.8) is 0 Å². The van der Waals surface area contributed by atoms with Crippen molar-refractivity contribution >= 4 is 38.7 Å². The van der Waals surface area contributed by atoms with Crippen molar-refractivity contribution in [1.82, 2.24) is 25.1 Å². The van der Waals surface area contributed by atoms with Crippen LogP contribution in [-0.4, -0.2) is 51.4 Å². The van der Waals surface area contributed by atoms with E-state index in [2.05, 4.69) is 43.3 Å². The van der Waals surface area contributed by atoms with Gasteiger partial charge in [-0.15, -0.1) is 22.7 Å². The number of morpholine rings is 1. The molecule has 1 saturated heterocycles. The molecule has 29 heavy (non-hydrogen) atoms. The Bertz CT molecular complexity index is 1100. The van der Waals surface area contributed by atoms with Crippen LogP contribution in [0.15, 0.2) is 29.1 Å². The van der Waals surface area contributed by atoms with Crippen molar-refractivity contribution in [1.29, 1.82) is 0 Å². The third-order valence-electron chi connectivity index (χ3n) is 5.12. The Labute approximate surface area is 176 Å².